The highest BCUT2D eigenvalue weighted by Gasteiger charge is 2.52. The number of fused-ring (bicyclic) bond motifs is 8. The Labute approximate surface area is 392 Å². The van der Waals surface area contributed by atoms with E-state index in [0.29, 0.717) is 28.8 Å². The monoisotopic (exact) mass is 908 g/mol. The molecule has 0 radical (unpaired) electrons. The van der Waals surface area contributed by atoms with Gasteiger partial charge in [-0.25, -0.2) is 19.6 Å². The van der Waals surface area contributed by atoms with Crippen LogP contribution in [0.3, 0.4) is 0 Å². The number of nitrogens with zero attached hydrogens (tertiary/aromatic N) is 4. The van der Waals surface area contributed by atoms with E-state index in [1.165, 1.54) is 14.2 Å². The number of rotatable bonds is 11. The number of amides is 4. The maximum Gasteiger partial charge on any atom is 0.407 e. The molecule has 3 fully saturated rings. The number of piperidine rings is 1. The van der Waals surface area contributed by atoms with Gasteiger partial charge in [-0.1, -0.05) is 111 Å². The molecule has 6 aromatic carbocycles. The van der Waals surface area contributed by atoms with Crippen LogP contribution in [-0.2, 0) is 25.6 Å². The summed E-state index contributed by atoms with van der Waals surface area (Å²) in [6, 6.07) is 37.7. The van der Waals surface area contributed by atoms with Gasteiger partial charge in [0.1, 0.15) is 23.7 Å². The fraction of sp³-hybridized carbons (Fsp3) is 0.296. The standard InChI is InChI=1S/C54H52N8O6/c1-29-30(2)48(29)61(51(63)44(59-53(65)67-3)31-11-7-5-8-12-31)28-43-55-41-23-18-35-25-33(16-21-39(35)46(41)57-43)34-17-22-40-36(26-34)19-24-42-47(40)58-50(56-42)49-37-15-20-38(27-37)62(49)52(64)45(60-54(66)68-4)32-13-9-6-10-14-32/h5-14,16-19,21-26,29-30,37-38,44-45,48-49H,15,20,27-28H2,1-4H3,(H,55,57)(H,56,58)(H,59,65)(H,60,66)/t29-,30?,37+,38-,44-,45-,48?,49+/m1/s1. The lowest BCUT2D eigenvalue weighted by molar-refractivity contribution is -0.138. The highest BCUT2D eigenvalue weighted by Crippen LogP contribution is 2.51. The molecule has 3 aliphatic rings. The van der Waals surface area contributed by atoms with Crippen LogP contribution in [0.4, 0.5) is 9.59 Å². The van der Waals surface area contributed by atoms with Crippen LogP contribution in [0.15, 0.2) is 121 Å². The second-order valence-electron chi connectivity index (χ2n) is 18.6. The highest BCUT2D eigenvalue weighted by atomic mass is 16.5. The van der Waals surface area contributed by atoms with Crippen molar-refractivity contribution in [2.45, 2.75) is 69.9 Å². The molecule has 14 heteroatoms. The Morgan fingerprint density at radius 3 is 1.84 bits per heavy atom. The quantitative estimate of drug-likeness (QED) is 0.0993. The van der Waals surface area contributed by atoms with Crippen molar-refractivity contribution in [3.63, 3.8) is 0 Å². The summed E-state index contributed by atoms with van der Waals surface area (Å²) < 4.78 is 9.85. The molecule has 4 N–H and O–H groups in total. The van der Waals surface area contributed by atoms with Gasteiger partial charge in [0.15, 0.2) is 0 Å². The molecule has 2 saturated carbocycles. The lowest BCUT2D eigenvalue weighted by atomic mass is 9.96. The molecule has 14 nitrogen and oxygen atoms in total. The molecular formula is C54H52N8O6. The lowest BCUT2D eigenvalue weighted by Crippen LogP contribution is -2.47. The van der Waals surface area contributed by atoms with Gasteiger partial charge in [0.2, 0.25) is 0 Å². The smallest absolute Gasteiger partial charge is 0.407 e. The van der Waals surface area contributed by atoms with Gasteiger partial charge >= 0.3 is 12.2 Å². The molecule has 2 unspecified atom stereocenters. The molecular weight excluding hydrogens is 857 g/mol. The first-order valence-corrected chi connectivity index (χ1v) is 23.3. The number of hydrogen-bond donors (Lipinski definition) is 4. The molecule has 0 spiro atoms. The summed E-state index contributed by atoms with van der Waals surface area (Å²) >= 11 is 0. The topological polar surface area (TPSA) is 175 Å². The van der Waals surface area contributed by atoms with Crippen molar-refractivity contribution in [1.29, 1.82) is 0 Å². The Balaban J connectivity index is 0.868. The first-order chi connectivity index (χ1) is 33.1. The third-order valence-corrected chi connectivity index (χ3v) is 14.9. The van der Waals surface area contributed by atoms with E-state index in [9.17, 15) is 19.2 Å². The Morgan fingerprint density at radius 2 is 1.25 bits per heavy atom. The Hall–Kier alpha value is -7.74. The maximum atomic E-state index is 14.5. The van der Waals surface area contributed by atoms with Crippen molar-refractivity contribution >= 4 is 67.6 Å². The molecule has 2 aromatic heterocycles. The summed E-state index contributed by atoms with van der Waals surface area (Å²) in [5, 5.41) is 9.72. The molecule has 344 valence electrons. The summed E-state index contributed by atoms with van der Waals surface area (Å²) in [6.45, 7) is 4.54. The van der Waals surface area contributed by atoms with Crippen molar-refractivity contribution < 1.29 is 28.7 Å². The Kier molecular flexibility index (Phi) is 10.8. The molecule has 2 aliphatic carbocycles. The van der Waals surface area contributed by atoms with Gasteiger partial charge in [0.05, 0.1) is 48.9 Å². The zero-order valence-electron chi connectivity index (χ0n) is 38.2. The van der Waals surface area contributed by atoms with Crippen molar-refractivity contribution in [3.05, 3.63) is 144 Å². The summed E-state index contributed by atoms with van der Waals surface area (Å²) in [4.78, 5) is 75.0. The van der Waals surface area contributed by atoms with Gasteiger partial charge in [0.25, 0.3) is 11.8 Å². The number of likely N-dealkylation sites (tertiary alicyclic amines) is 1. The second-order valence-corrected chi connectivity index (χ2v) is 18.6. The first-order valence-electron chi connectivity index (χ1n) is 23.3. The summed E-state index contributed by atoms with van der Waals surface area (Å²) in [6.07, 6.45) is 1.48. The van der Waals surface area contributed by atoms with E-state index >= 15 is 0 Å². The van der Waals surface area contributed by atoms with Crippen LogP contribution in [0.2, 0.25) is 0 Å². The summed E-state index contributed by atoms with van der Waals surface area (Å²) in [7, 11) is 2.59. The number of hydrogen-bond acceptors (Lipinski definition) is 8. The third kappa shape index (κ3) is 7.53. The number of aromatic nitrogens is 4. The van der Waals surface area contributed by atoms with Crippen molar-refractivity contribution in [1.82, 2.24) is 40.4 Å². The van der Waals surface area contributed by atoms with E-state index < -0.39 is 24.3 Å². The van der Waals surface area contributed by atoms with Crippen LogP contribution in [0.5, 0.6) is 0 Å². The second kappa shape index (κ2) is 17.2. The Morgan fingerprint density at radius 1 is 0.691 bits per heavy atom. The zero-order valence-corrected chi connectivity index (χ0v) is 38.2. The SMILES string of the molecule is COC(=O)N[C@@H](C(=O)N(Cc1nc2ccc3cc(-c4ccc5c(ccc6nc([C@@H]7[C@H]8CC[C@H](C8)N7C(=O)[C@H](NC(=O)OC)c7ccccc7)[nH]c65)c4)ccc3c2[nH]1)C1C(C)[C@H]1C)c1ccccc1. The van der Waals surface area contributed by atoms with Crippen LogP contribution < -0.4 is 10.6 Å². The maximum absolute atomic E-state index is 14.5. The molecule has 2 bridgehead atoms. The van der Waals surface area contributed by atoms with E-state index in [1.54, 1.807) is 0 Å². The minimum atomic E-state index is -0.918. The molecule has 68 heavy (non-hydrogen) atoms. The molecule has 1 saturated heterocycles. The van der Waals surface area contributed by atoms with Crippen molar-refractivity contribution in [2.75, 3.05) is 14.2 Å². The fourth-order valence-electron chi connectivity index (χ4n) is 11.2. The number of benzene rings is 6. The largest absolute Gasteiger partial charge is 0.453 e. The zero-order chi connectivity index (χ0) is 46.8. The summed E-state index contributed by atoms with van der Waals surface area (Å²) in [5.41, 5.74) is 6.94. The number of ether oxygens (including phenoxy) is 2. The van der Waals surface area contributed by atoms with Crippen LogP contribution >= 0.6 is 0 Å². The Bertz CT molecular complexity index is 3250. The van der Waals surface area contributed by atoms with E-state index in [-0.39, 0.29) is 42.4 Å². The molecule has 4 amide bonds. The number of carbonyl (C=O) groups is 4. The average molecular weight is 909 g/mol. The minimum absolute atomic E-state index is 0.00563. The number of methoxy groups -OCH3 is 2. The lowest BCUT2D eigenvalue weighted by Gasteiger charge is -2.36. The van der Waals surface area contributed by atoms with Gasteiger partial charge in [-0.3, -0.25) is 9.59 Å². The van der Waals surface area contributed by atoms with E-state index in [4.69, 9.17) is 19.4 Å². The van der Waals surface area contributed by atoms with E-state index in [0.717, 1.165) is 79.8 Å². The number of H-pyrrole nitrogens is 2. The van der Waals surface area contributed by atoms with Crippen LogP contribution in [0.25, 0.3) is 54.7 Å². The molecule has 8 atom stereocenters. The van der Waals surface area contributed by atoms with Crippen LogP contribution in [-0.4, -0.2) is 80.0 Å². The van der Waals surface area contributed by atoms with E-state index in [2.05, 4.69) is 83.0 Å². The van der Waals surface area contributed by atoms with Crippen molar-refractivity contribution in [3.8, 4) is 11.1 Å². The number of alkyl carbamates (subject to hydrolysis) is 2. The average Bonchev–Trinajstić information content (AvgIpc) is 4.01. The van der Waals surface area contributed by atoms with Gasteiger partial charge in [-0.15, -0.1) is 0 Å². The normalized spacial score (nSPS) is 21.5. The fourth-order valence-corrected chi connectivity index (χ4v) is 11.2. The van der Waals surface area contributed by atoms with Gasteiger partial charge in [0, 0.05) is 22.9 Å². The predicted octanol–water partition coefficient (Wildman–Crippen LogP) is 9.64. The molecule has 8 aromatic rings. The van der Waals surface area contributed by atoms with Gasteiger partial charge < -0.3 is 39.9 Å². The number of carbonyl (C=O) groups excluding carboxylic acids is 4. The number of imidazole rings is 2. The minimum Gasteiger partial charge on any atom is -0.453 e. The molecule has 1 aliphatic heterocycles. The van der Waals surface area contributed by atoms with Crippen molar-refractivity contribution in [2.24, 2.45) is 17.8 Å². The van der Waals surface area contributed by atoms with E-state index in [1.807, 2.05) is 82.6 Å². The van der Waals surface area contributed by atoms with Crippen LogP contribution in [0.1, 0.15) is 74.0 Å². The van der Waals surface area contributed by atoms with Crippen LogP contribution in [0, 0.1) is 17.8 Å². The summed E-state index contributed by atoms with van der Waals surface area (Å²) in [5.74, 6) is 1.88. The van der Waals surface area contributed by atoms with Gasteiger partial charge in [-0.2, -0.15) is 0 Å². The number of aromatic amines is 2. The molecule has 3 heterocycles. The van der Waals surface area contributed by atoms with Gasteiger partial charge in [-0.05, 0) is 94.3 Å². The molecule has 11 rings (SSSR count). The highest BCUT2D eigenvalue weighted by molar-refractivity contribution is 6.07. The number of nitrogens with one attached hydrogen (secondary N) is 4. The third-order valence-electron chi connectivity index (χ3n) is 14.9. The first kappa shape index (κ1) is 42.9. The predicted molar refractivity (Wildman–Crippen MR) is 259 cm³/mol.